The van der Waals surface area contributed by atoms with Gasteiger partial charge in [-0.15, -0.1) is 0 Å². The van der Waals surface area contributed by atoms with Gasteiger partial charge in [0.15, 0.2) is 0 Å². The maximum atomic E-state index is 13.6. The maximum Gasteiger partial charge on any atom is 0.307 e. The molecule has 7 nitrogen and oxygen atoms in total. The molecule has 190 valence electrons. The van der Waals surface area contributed by atoms with Crippen molar-refractivity contribution < 1.29 is 14.3 Å². The Kier molecular flexibility index (Phi) is 8.80. The number of esters is 1. The lowest BCUT2D eigenvalue weighted by Gasteiger charge is -2.25. The molecule has 3 rings (SSSR count). The smallest absolute Gasteiger partial charge is 0.307 e. The van der Waals surface area contributed by atoms with Gasteiger partial charge in [0.1, 0.15) is 6.04 Å². The predicted octanol–water partition coefficient (Wildman–Crippen LogP) is 4.84. The second-order valence-corrected chi connectivity index (χ2v) is 9.71. The number of nitrogens with zero attached hydrogens (tertiary/aromatic N) is 2. The van der Waals surface area contributed by atoms with Crippen molar-refractivity contribution in [2.24, 2.45) is 5.92 Å². The molecule has 0 fully saturated rings. The van der Waals surface area contributed by atoms with Crippen LogP contribution in [-0.2, 0) is 14.3 Å². The molecule has 1 amide bonds. The Morgan fingerprint density at radius 1 is 1.06 bits per heavy atom. The summed E-state index contributed by atoms with van der Waals surface area (Å²) in [5, 5.41) is 3.01. The average molecular weight is 490 g/mol. The van der Waals surface area contributed by atoms with Crippen LogP contribution in [0.15, 0.2) is 59.8 Å². The number of amides is 1. The molecule has 1 aromatic carbocycles. The number of hydrogen-bond acceptors (Lipinski definition) is 5. The lowest BCUT2D eigenvalue weighted by molar-refractivity contribution is -0.141. The first-order valence-electron chi connectivity index (χ1n) is 12.2. The van der Waals surface area contributed by atoms with Crippen molar-refractivity contribution in [2.45, 2.75) is 59.5 Å². The van der Waals surface area contributed by atoms with Crippen LogP contribution in [0.4, 0.5) is 0 Å². The minimum Gasteiger partial charge on any atom is -0.469 e. The van der Waals surface area contributed by atoms with Gasteiger partial charge in [0, 0.05) is 30.2 Å². The summed E-state index contributed by atoms with van der Waals surface area (Å²) in [7, 11) is 1.32. The van der Waals surface area contributed by atoms with Crippen molar-refractivity contribution in [3.63, 3.8) is 0 Å². The van der Waals surface area contributed by atoms with Gasteiger partial charge < -0.3 is 14.6 Å². The minimum absolute atomic E-state index is 0.0582. The van der Waals surface area contributed by atoms with Crippen LogP contribution in [0.2, 0.25) is 0 Å². The molecular weight excluding hydrogens is 454 g/mol. The number of aromatic nitrogens is 2. The summed E-state index contributed by atoms with van der Waals surface area (Å²) in [4.78, 5) is 43.0. The standard InChI is InChI=1S/C29H35N3O4/c1-18(2)12-25(32-11-10-19(3)13-26(32)33)29(35)31-24(15-27(34)36-6)22-14-23(17-30-16-22)28-20(4)8-7-9-21(28)5/h7-11,13-14,16-18,24-25H,12,15H2,1-6H3,(H,31,35). The number of benzene rings is 1. The summed E-state index contributed by atoms with van der Waals surface area (Å²) in [6, 6.07) is 9.98. The van der Waals surface area contributed by atoms with E-state index in [4.69, 9.17) is 4.74 Å². The van der Waals surface area contributed by atoms with Crippen LogP contribution in [0.5, 0.6) is 0 Å². The van der Waals surface area contributed by atoms with E-state index in [2.05, 4.69) is 10.3 Å². The molecule has 0 radical (unpaired) electrons. The van der Waals surface area contributed by atoms with Crippen LogP contribution in [0.3, 0.4) is 0 Å². The number of methoxy groups -OCH3 is 1. The first kappa shape index (κ1) is 26.9. The van der Waals surface area contributed by atoms with E-state index in [9.17, 15) is 14.4 Å². The molecule has 1 N–H and O–H groups in total. The fourth-order valence-electron chi connectivity index (χ4n) is 4.46. The number of hydrogen-bond donors (Lipinski definition) is 1. The highest BCUT2D eigenvalue weighted by molar-refractivity contribution is 5.82. The van der Waals surface area contributed by atoms with Crippen LogP contribution < -0.4 is 10.9 Å². The number of nitrogens with one attached hydrogen (secondary N) is 1. The SMILES string of the molecule is COC(=O)CC(NC(=O)C(CC(C)C)n1ccc(C)cc1=O)c1cncc(-c2c(C)cccc2C)c1. The summed E-state index contributed by atoms with van der Waals surface area (Å²) >= 11 is 0. The molecule has 7 heteroatoms. The molecule has 36 heavy (non-hydrogen) atoms. The molecule has 0 saturated carbocycles. The maximum absolute atomic E-state index is 13.6. The number of carbonyl (C=O) groups excluding carboxylic acids is 2. The van der Waals surface area contributed by atoms with E-state index in [-0.39, 0.29) is 23.8 Å². The molecule has 2 aromatic heterocycles. The molecule has 0 spiro atoms. The molecule has 0 aliphatic rings. The van der Waals surface area contributed by atoms with Gasteiger partial charge in [0.05, 0.1) is 19.6 Å². The molecule has 3 aromatic rings. The molecular formula is C29H35N3O4. The molecule has 2 heterocycles. The first-order valence-corrected chi connectivity index (χ1v) is 12.2. The third-order valence-corrected chi connectivity index (χ3v) is 6.28. The largest absolute Gasteiger partial charge is 0.469 e. The second kappa shape index (κ2) is 11.8. The average Bonchev–Trinajstić information content (AvgIpc) is 2.82. The van der Waals surface area contributed by atoms with Gasteiger partial charge in [-0.2, -0.15) is 0 Å². The van der Waals surface area contributed by atoms with E-state index < -0.39 is 18.1 Å². The highest BCUT2D eigenvalue weighted by Gasteiger charge is 2.27. The van der Waals surface area contributed by atoms with E-state index in [0.29, 0.717) is 12.0 Å². The molecule has 0 bridgehead atoms. The fraction of sp³-hybridized carbons (Fsp3) is 0.379. The van der Waals surface area contributed by atoms with Crippen molar-refractivity contribution in [1.82, 2.24) is 14.9 Å². The van der Waals surface area contributed by atoms with E-state index in [1.54, 1.807) is 18.6 Å². The summed E-state index contributed by atoms with van der Waals surface area (Å²) in [5.74, 6) is -0.617. The van der Waals surface area contributed by atoms with Gasteiger partial charge in [-0.3, -0.25) is 19.4 Å². The van der Waals surface area contributed by atoms with Gasteiger partial charge in [-0.05, 0) is 73.1 Å². The number of carbonyl (C=O) groups is 2. The number of pyridine rings is 2. The van der Waals surface area contributed by atoms with Gasteiger partial charge in [0.2, 0.25) is 5.91 Å². The number of aryl methyl sites for hydroxylation is 3. The fourth-order valence-corrected chi connectivity index (χ4v) is 4.46. The Balaban J connectivity index is 2.00. The van der Waals surface area contributed by atoms with Crippen LogP contribution in [0.1, 0.15) is 61.0 Å². The highest BCUT2D eigenvalue weighted by Crippen LogP contribution is 2.29. The number of ether oxygens (including phenoxy) is 1. The zero-order valence-corrected chi connectivity index (χ0v) is 21.9. The minimum atomic E-state index is -0.715. The quantitative estimate of drug-likeness (QED) is 0.434. The Hall–Kier alpha value is -3.74. The van der Waals surface area contributed by atoms with E-state index >= 15 is 0 Å². The van der Waals surface area contributed by atoms with Gasteiger partial charge in [0.25, 0.3) is 5.56 Å². The first-order chi connectivity index (χ1) is 17.1. The molecule has 2 atom stereocenters. The van der Waals surface area contributed by atoms with Crippen LogP contribution in [-0.4, -0.2) is 28.5 Å². The molecule has 0 aliphatic heterocycles. The normalized spacial score (nSPS) is 12.8. The summed E-state index contributed by atoms with van der Waals surface area (Å²) < 4.78 is 6.37. The van der Waals surface area contributed by atoms with Crippen molar-refractivity contribution in [2.75, 3.05) is 7.11 Å². The van der Waals surface area contributed by atoms with E-state index in [0.717, 1.165) is 27.8 Å². The number of rotatable bonds is 9. The van der Waals surface area contributed by atoms with Gasteiger partial charge in [-0.25, -0.2) is 0 Å². The van der Waals surface area contributed by atoms with E-state index in [1.165, 1.54) is 17.7 Å². The molecule has 0 saturated heterocycles. The van der Waals surface area contributed by atoms with Gasteiger partial charge in [-0.1, -0.05) is 32.0 Å². The third kappa shape index (κ3) is 6.47. The summed E-state index contributed by atoms with van der Waals surface area (Å²) in [6.07, 6.45) is 5.50. The highest BCUT2D eigenvalue weighted by atomic mass is 16.5. The topological polar surface area (TPSA) is 90.3 Å². The summed E-state index contributed by atoms with van der Waals surface area (Å²) in [5.41, 5.74) is 5.47. The summed E-state index contributed by atoms with van der Waals surface area (Å²) in [6.45, 7) is 9.93. The lowest BCUT2D eigenvalue weighted by atomic mass is 9.94. The van der Waals surface area contributed by atoms with Crippen molar-refractivity contribution in [3.8, 4) is 11.1 Å². The second-order valence-electron chi connectivity index (χ2n) is 9.71. The molecule has 0 aliphatic carbocycles. The van der Waals surface area contributed by atoms with E-state index in [1.807, 2.05) is 65.0 Å². The Morgan fingerprint density at radius 2 is 1.75 bits per heavy atom. The predicted molar refractivity (Wildman–Crippen MR) is 141 cm³/mol. The zero-order valence-electron chi connectivity index (χ0n) is 21.9. The van der Waals surface area contributed by atoms with Crippen LogP contribution >= 0.6 is 0 Å². The third-order valence-electron chi connectivity index (χ3n) is 6.28. The van der Waals surface area contributed by atoms with Gasteiger partial charge >= 0.3 is 5.97 Å². The zero-order chi connectivity index (χ0) is 26.4. The van der Waals surface area contributed by atoms with Crippen molar-refractivity contribution in [1.29, 1.82) is 0 Å². The van der Waals surface area contributed by atoms with Crippen molar-refractivity contribution in [3.05, 3.63) is 87.6 Å². The Morgan fingerprint density at radius 3 is 2.36 bits per heavy atom. The molecule has 2 unspecified atom stereocenters. The Labute approximate surface area is 212 Å². The monoisotopic (exact) mass is 489 g/mol. The Bertz CT molecular complexity index is 1280. The van der Waals surface area contributed by atoms with Crippen LogP contribution in [0, 0.1) is 26.7 Å². The van der Waals surface area contributed by atoms with Crippen molar-refractivity contribution >= 4 is 11.9 Å². The van der Waals surface area contributed by atoms with Crippen LogP contribution in [0.25, 0.3) is 11.1 Å². The lowest BCUT2D eigenvalue weighted by Crippen LogP contribution is -2.40.